The molecule has 9 heteroatoms. The van der Waals surface area contributed by atoms with Gasteiger partial charge in [0.25, 0.3) is 0 Å². The highest BCUT2D eigenvalue weighted by Gasteiger charge is 2.38. The van der Waals surface area contributed by atoms with Gasteiger partial charge in [-0.05, 0) is 17.7 Å². The van der Waals surface area contributed by atoms with Crippen LogP contribution in [0.15, 0.2) is 36.0 Å². The molecule has 0 aliphatic rings. The van der Waals surface area contributed by atoms with Crippen LogP contribution in [0.2, 0.25) is 5.02 Å². The molecule has 1 aromatic carbocycles. The first kappa shape index (κ1) is 15.2. The third-order valence-corrected chi connectivity index (χ3v) is 3.42. The van der Waals surface area contributed by atoms with Crippen LogP contribution in [0.25, 0.3) is 10.4 Å². The average molecular weight is 311 g/mol. The fraction of sp³-hybridized carbons (Fsp3) is 0.333. The normalized spacial score (nSPS) is 15.0. The first-order chi connectivity index (χ1) is 9.97. The van der Waals surface area contributed by atoms with Crippen LogP contribution < -0.4 is 0 Å². The maximum Gasteiger partial charge on any atom is 0.137 e. The van der Waals surface area contributed by atoms with Gasteiger partial charge in [0.05, 0.1) is 12.6 Å². The zero-order valence-electron chi connectivity index (χ0n) is 11.1. The molecule has 21 heavy (non-hydrogen) atoms. The fourth-order valence-corrected chi connectivity index (χ4v) is 2.18. The van der Waals surface area contributed by atoms with Crippen molar-refractivity contribution in [3.63, 3.8) is 0 Å². The lowest BCUT2D eigenvalue weighted by Crippen LogP contribution is -2.41. The lowest BCUT2D eigenvalue weighted by Gasteiger charge is -2.32. The Morgan fingerprint density at radius 1 is 1.62 bits per heavy atom. The lowest BCUT2D eigenvalue weighted by atomic mass is 9.87. The van der Waals surface area contributed by atoms with Crippen molar-refractivity contribution in [1.82, 2.24) is 14.8 Å². The molecule has 2 aromatic rings. The monoisotopic (exact) mass is 310 g/mol. The third kappa shape index (κ3) is 3.13. The lowest BCUT2D eigenvalue weighted by molar-refractivity contribution is -0.00827. The summed E-state index contributed by atoms with van der Waals surface area (Å²) in [5.41, 5.74) is 6.78. The minimum Gasteiger partial charge on any atom is -0.383 e. The standard InChI is InChI=1S/C12H12ClFN6O/c1-8(18-19-15)12(21,5-20-7-16-6-17-20)10-3-2-9(13)4-11(10)14/h2-4,6-8,21H,5H2,1H3. The molecule has 0 saturated heterocycles. The molecule has 1 heterocycles. The molecular weight excluding hydrogens is 299 g/mol. The molecule has 0 fully saturated rings. The number of aliphatic hydroxyl groups is 1. The highest BCUT2D eigenvalue weighted by atomic mass is 35.5. The van der Waals surface area contributed by atoms with Crippen molar-refractivity contribution in [2.45, 2.75) is 25.1 Å². The highest BCUT2D eigenvalue weighted by molar-refractivity contribution is 6.30. The number of rotatable bonds is 5. The van der Waals surface area contributed by atoms with Gasteiger partial charge >= 0.3 is 0 Å². The van der Waals surface area contributed by atoms with Gasteiger partial charge in [-0.25, -0.2) is 14.1 Å². The quantitative estimate of drug-likeness (QED) is 0.522. The van der Waals surface area contributed by atoms with Gasteiger partial charge in [-0.3, -0.25) is 0 Å². The van der Waals surface area contributed by atoms with Crippen LogP contribution in [0.4, 0.5) is 4.39 Å². The van der Waals surface area contributed by atoms with Crippen molar-refractivity contribution in [2.75, 3.05) is 0 Å². The Hall–Kier alpha value is -2.15. The minimum atomic E-state index is -1.78. The van der Waals surface area contributed by atoms with Crippen molar-refractivity contribution in [3.8, 4) is 0 Å². The smallest absolute Gasteiger partial charge is 0.137 e. The predicted molar refractivity (Wildman–Crippen MR) is 73.9 cm³/mol. The first-order valence-electron chi connectivity index (χ1n) is 6.02. The number of azide groups is 1. The molecule has 0 aliphatic carbocycles. The van der Waals surface area contributed by atoms with Crippen molar-refractivity contribution < 1.29 is 9.50 Å². The number of hydrogen-bond donors (Lipinski definition) is 1. The van der Waals surface area contributed by atoms with Gasteiger partial charge in [-0.15, -0.1) is 0 Å². The largest absolute Gasteiger partial charge is 0.383 e. The van der Waals surface area contributed by atoms with E-state index < -0.39 is 17.5 Å². The summed E-state index contributed by atoms with van der Waals surface area (Å²) in [7, 11) is 0. The summed E-state index contributed by atoms with van der Waals surface area (Å²) in [4.78, 5) is 6.44. The van der Waals surface area contributed by atoms with Gasteiger partial charge in [0.2, 0.25) is 0 Å². The van der Waals surface area contributed by atoms with Crippen molar-refractivity contribution in [1.29, 1.82) is 0 Å². The SMILES string of the molecule is CC(N=[N+]=[N-])C(O)(Cn1cncn1)c1ccc(Cl)cc1F. The van der Waals surface area contributed by atoms with Gasteiger partial charge < -0.3 is 5.11 Å². The second kappa shape index (κ2) is 6.09. The van der Waals surface area contributed by atoms with E-state index in [9.17, 15) is 9.50 Å². The molecule has 110 valence electrons. The Bertz CT molecular complexity index is 672. The zero-order valence-corrected chi connectivity index (χ0v) is 11.8. The number of benzene rings is 1. The van der Waals surface area contributed by atoms with E-state index >= 15 is 0 Å². The summed E-state index contributed by atoms with van der Waals surface area (Å²) in [5.74, 6) is -0.690. The molecule has 0 amide bonds. The molecule has 1 N–H and O–H groups in total. The van der Waals surface area contributed by atoms with Crippen molar-refractivity contribution in [3.05, 3.63) is 57.7 Å². The van der Waals surface area contributed by atoms with Gasteiger partial charge in [-0.2, -0.15) is 5.10 Å². The molecule has 2 unspecified atom stereocenters. The van der Waals surface area contributed by atoms with Crippen LogP contribution in [0, 0.1) is 5.82 Å². The summed E-state index contributed by atoms with van der Waals surface area (Å²) in [6, 6.07) is 2.97. The van der Waals surface area contributed by atoms with Crippen LogP contribution in [0.5, 0.6) is 0 Å². The molecular formula is C12H12ClFN6O. The molecule has 0 spiro atoms. The number of aromatic nitrogens is 3. The Kier molecular flexibility index (Phi) is 4.42. The van der Waals surface area contributed by atoms with Gasteiger partial charge in [0.15, 0.2) is 0 Å². The molecule has 0 aliphatic heterocycles. The molecule has 0 radical (unpaired) electrons. The average Bonchev–Trinajstić information content (AvgIpc) is 2.91. The molecule has 7 nitrogen and oxygen atoms in total. The minimum absolute atomic E-state index is 0.0256. The van der Waals surface area contributed by atoms with Crippen molar-refractivity contribution >= 4 is 11.6 Å². The Morgan fingerprint density at radius 2 is 2.38 bits per heavy atom. The first-order valence-corrected chi connectivity index (χ1v) is 6.39. The summed E-state index contributed by atoms with van der Waals surface area (Å²) in [6.07, 6.45) is 2.67. The second-order valence-electron chi connectivity index (χ2n) is 4.52. The molecule has 1 aromatic heterocycles. The number of nitrogens with zero attached hydrogens (tertiary/aromatic N) is 6. The fourth-order valence-electron chi connectivity index (χ4n) is 2.02. The Morgan fingerprint density at radius 3 is 2.95 bits per heavy atom. The van der Waals surface area contributed by atoms with E-state index in [0.717, 1.165) is 6.07 Å². The Balaban J connectivity index is 2.51. The third-order valence-electron chi connectivity index (χ3n) is 3.18. The van der Waals surface area contributed by atoms with E-state index in [4.69, 9.17) is 17.1 Å². The van der Waals surface area contributed by atoms with Crippen LogP contribution in [0.1, 0.15) is 12.5 Å². The predicted octanol–water partition coefficient (Wildman–Crippen LogP) is 2.66. The van der Waals surface area contributed by atoms with E-state index in [-0.39, 0.29) is 17.1 Å². The van der Waals surface area contributed by atoms with E-state index in [2.05, 4.69) is 20.1 Å². The van der Waals surface area contributed by atoms with Crippen LogP contribution in [0.3, 0.4) is 0 Å². The van der Waals surface area contributed by atoms with Crippen molar-refractivity contribution in [2.24, 2.45) is 5.11 Å². The van der Waals surface area contributed by atoms with E-state index in [1.165, 1.54) is 36.4 Å². The van der Waals surface area contributed by atoms with E-state index in [1.54, 1.807) is 0 Å². The van der Waals surface area contributed by atoms with Crippen LogP contribution in [-0.4, -0.2) is 25.9 Å². The molecule has 2 atom stereocenters. The maximum atomic E-state index is 14.2. The van der Waals surface area contributed by atoms with Gasteiger partial charge in [-0.1, -0.05) is 29.7 Å². The van der Waals surface area contributed by atoms with E-state index in [1.807, 2.05) is 0 Å². The molecule has 0 saturated carbocycles. The highest BCUT2D eigenvalue weighted by Crippen LogP contribution is 2.32. The molecule has 0 bridgehead atoms. The summed E-state index contributed by atoms with van der Waals surface area (Å²) < 4.78 is 15.5. The number of halogens is 2. The van der Waals surface area contributed by atoms with Gasteiger partial charge in [0.1, 0.15) is 24.1 Å². The van der Waals surface area contributed by atoms with Gasteiger partial charge in [0, 0.05) is 15.5 Å². The summed E-state index contributed by atoms with van der Waals surface area (Å²) >= 11 is 5.72. The zero-order chi connectivity index (χ0) is 15.5. The maximum absolute atomic E-state index is 14.2. The van der Waals surface area contributed by atoms with Crippen LogP contribution in [-0.2, 0) is 12.1 Å². The Labute approximate surface area is 124 Å². The summed E-state index contributed by atoms with van der Waals surface area (Å²) in [6.45, 7) is 1.37. The van der Waals surface area contributed by atoms with Crippen LogP contribution >= 0.6 is 11.6 Å². The summed E-state index contributed by atoms with van der Waals surface area (Å²) in [5, 5.41) is 18.5. The van der Waals surface area contributed by atoms with E-state index in [0.29, 0.717) is 0 Å². The second-order valence-corrected chi connectivity index (χ2v) is 4.96. The number of hydrogen-bond acceptors (Lipinski definition) is 4. The topological polar surface area (TPSA) is 99.7 Å². The molecule has 2 rings (SSSR count).